The van der Waals surface area contributed by atoms with Gasteiger partial charge in [-0.2, -0.15) is 0 Å². The summed E-state index contributed by atoms with van der Waals surface area (Å²) in [6.07, 6.45) is 12.5. The molecule has 0 aromatic carbocycles. The zero-order valence-electron chi connectivity index (χ0n) is 9.82. The zero-order chi connectivity index (χ0) is 11.1. The van der Waals surface area contributed by atoms with Gasteiger partial charge in [0.25, 0.3) is 0 Å². The van der Waals surface area contributed by atoms with Crippen molar-refractivity contribution in [3.8, 4) is 0 Å². The van der Waals surface area contributed by atoms with Gasteiger partial charge in [0, 0.05) is 0 Å². The van der Waals surface area contributed by atoms with Crippen molar-refractivity contribution in [2.24, 2.45) is 7.05 Å². The van der Waals surface area contributed by atoms with E-state index in [9.17, 15) is 0 Å². The second-order valence-electron chi connectivity index (χ2n) is 4.22. The summed E-state index contributed by atoms with van der Waals surface area (Å²) in [5.74, 6) is 0. The minimum atomic E-state index is 0.272. The highest BCUT2D eigenvalue weighted by Crippen LogP contribution is 2.11. The molecule has 0 N–H and O–H groups in total. The van der Waals surface area contributed by atoms with E-state index in [2.05, 4.69) is 24.0 Å². The third kappa shape index (κ3) is 5.22. The Balaban J connectivity index is 2.15. The van der Waals surface area contributed by atoms with Crippen molar-refractivity contribution in [2.75, 3.05) is 0 Å². The number of alkyl halides is 1. The summed E-state index contributed by atoms with van der Waals surface area (Å²) in [7, 11) is 2.03. The van der Waals surface area contributed by atoms with Crippen LogP contribution in [-0.4, -0.2) is 9.94 Å². The lowest BCUT2D eigenvalue weighted by Crippen LogP contribution is -2.24. The van der Waals surface area contributed by atoms with Gasteiger partial charge < -0.3 is 0 Å². The number of hydrogen-bond acceptors (Lipinski definition) is 0. The van der Waals surface area contributed by atoms with Crippen LogP contribution in [0.5, 0.6) is 0 Å². The van der Waals surface area contributed by atoms with Crippen LogP contribution in [0.15, 0.2) is 18.7 Å². The van der Waals surface area contributed by atoms with Crippen LogP contribution in [0.4, 0.5) is 0 Å². The lowest BCUT2D eigenvalue weighted by molar-refractivity contribution is -0.671. The van der Waals surface area contributed by atoms with Crippen molar-refractivity contribution in [1.82, 2.24) is 4.57 Å². The lowest BCUT2D eigenvalue weighted by atomic mass is 10.1. The normalized spacial score (nSPS) is 13.0. The van der Waals surface area contributed by atoms with Crippen LogP contribution in [0.3, 0.4) is 0 Å². The molecule has 1 heterocycles. The fourth-order valence-electron chi connectivity index (χ4n) is 1.72. The van der Waals surface area contributed by atoms with Gasteiger partial charge in [-0.05, 0) is 6.42 Å². The number of nitrogens with zero attached hydrogens (tertiary/aromatic N) is 2. The Labute approximate surface area is 97.9 Å². The quantitative estimate of drug-likeness (QED) is 0.386. The van der Waals surface area contributed by atoms with Crippen molar-refractivity contribution in [3.63, 3.8) is 0 Å². The van der Waals surface area contributed by atoms with E-state index in [0.29, 0.717) is 0 Å². The summed E-state index contributed by atoms with van der Waals surface area (Å²) in [4.78, 5) is 0. The number of hydrogen-bond donors (Lipinski definition) is 0. The van der Waals surface area contributed by atoms with Gasteiger partial charge in [-0.15, -0.1) is 11.6 Å². The third-order valence-electron chi connectivity index (χ3n) is 2.60. The van der Waals surface area contributed by atoms with E-state index in [-0.39, 0.29) is 5.38 Å². The van der Waals surface area contributed by atoms with Crippen LogP contribution in [0.1, 0.15) is 39.0 Å². The van der Waals surface area contributed by atoms with E-state index in [1.165, 1.54) is 25.7 Å². The number of halogens is 1. The lowest BCUT2D eigenvalue weighted by Gasteiger charge is -2.06. The van der Waals surface area contributed by atoms with Gasteiger partial charge in [0.2, 0.25) is 6.33 Å². The van der Waals surface area contributed by atoms with E-state index in [1.807, 2.05) is 17.8 Å². The first kappa shape index (κ1) is 12.6. The van der Waals surface area contributed by atoms with Crippen LogP contribution in [0.25, 0.3) is 0 Å². The predicted molar refractivity (Wildman–Crippen MR) is 64.0 cm³/mol. The van der Waals surface area contributed by atoms with E-state index >= 15 is 0 Å². The molecule has 1 atom stereocenters. The maximum absolute atomic E-state index is 6.27. The van der Waals surface area contributed by atoms with Crippen LogP contribution >= 0.6 is 11.6 Å². The summed E-state index contributed by atoms with van der Waals surface area (Å²) in [5.41, 5.74) is 0. The minimum Gasteiger partial charge on any atom is -0.240 e. The largest absolute Gasteiger partial charge is 0.243 e. The Kier molecular flexibility index (Phi) is 5.77. The van der Waals surface area contributed by atoms with Gasteiger partial charge in [0.1, 0.15) is 18.9 Å². The summed E-state index contributed by atoms with van der Waals surface area (Å²) in [5, 5.41) is 0.272. The first-order chi connectivity index (χ1) is 7.22. The highest BCUT2D eigenvalue weighted by Gasteiger charge is 2.09. The smallest absolute Gasteiger partial charge is 0.240 e. The number of imidazole rings is 1. The Morgan fingerprint density at radius 1 is 1.33 bits per heavy atom. The molecule has 15 heavy (non-hydrogen) atoms. The average molecular weight is 230 g/mol. The molecule has 0 saturated carbocycles. The highest BCUT2D eigenvalue weighted by atomic mass is 35.5. The van der Waals surface area contributed by atoms with Crippen LogP contribution < -0.4 is 4.57 Å². The van der Waals surface area contributed by atoms with Gasteiger partial charge in [-0.3, -0.25) is 0 Å². The van der Waals surface area contributed by atoms with Crippen molar-refractivity contribution in [3.05, 3.63) is 18.7 Å². The molecule has 0 amide bonds. The van der Waals surface area contributed by atoms with E-state index in [0.717, 1.165) is 13.0 Å². The average Bonchev–Trinajstić information content (AvgIpc) is 2.59. The molecule has 1 aromatic rings. The molecule has 0 spiro atoms. The molecule has 1 aromatic heterocycles. The van der Waals surface area contributed by atoms with Crippen LogP contribution in [-0.2, 0) is 13.6 Å². The first-order valence-electron chi connectivity index (χ1n) is 5.87. The second kappa shape index (κ2) is 6.89. The maximum Gasteiger partial charge on any atom is 0.243 e. The summed E-state index contributed by atoms with van der Waals surface area (Å²) in [6, 6.07) is 0. The molecule has 0 saturated heterocycles. The van der Waals surface area contributed by atoms with Crippen molar-refractivity contribution in [2.45, 2.75) is 50.9 Å². The molecule has 0 aliphatic heterocycles. The molecular weight excluding hydrogens is 208 g/mol. The molecule has 0 aliphatic carbocycles. The van der Waals surface area contributed by atoms with Gasteiger partial charge in [0.15, 0.2) is 0 Å². The zero-order valence-corrected chi connectivity index (χ0v) is 10.6. The Morgan fingerprint density at radius 2 is 2.13 bits per heavy atom. The third-order valence-corrected chi connectivity index (χ3v) is 2.96. The van der Waals surface area contributed by atoms with Gasteiger partial charge in [-0.1, -0.05) is 32.6 Å². The first-order valence-corrected chi connectivity index (χ1v) is 6.31. The number of rotatable bonds is 7. The molecule has 86 valence electrons. The maximum atomic E-state index is 6.27. The number of unbranched alkanes of at least 4 members (excludes halogenated alkanes) is 3. The fourth-order valence-corrected chi connectivity index (χ4v) is 2.04. The minimum absolute atomic E-state index is 0.272. The van der Waals surface area contributed by atoms with Crippen molar-refractivity contribution >= 4 is 11.6 Å². The van der Waals surface area contributed by atoms with Gasteiger partial charge in [0.05, 0.1) is 12.4 Å². The second-order valence-corrected chi connectivity index (χ2v) is 4.84. The van der Waals surface area contributed by atoms with Crippen LogP contribution in [0, 0.1) is 0 Å². The Bertz CT molecular complexity index is 270. The highest BCUT2D eigenvalue weighted by molar-refractivity contribution is 6.20. The molecule has 0 bridgehead atoms. The van der Waals surface area contributed by atoms with Crippen molar-refractivity contribution < 1.29 is 4.57 Å². The van der Waals surface area contributed by atoms with E-state index in [1.54, 1.807) is 0 Å². The summed E-state index contributed by atoms with van der Waals surface area (Å²) >= 11 is 6.27. The topological polar surface area (TPSA) is 8.81 Å². The van der Waals surface area contributed by atoms with Crippen LogP contribution in [0.2, 0.25) is 0 Å². The summed E-state index contributed by atoms with van der Waals surface area (Å²) in [6.45, 7) is 3.16. The summed E-state index contributed by atoms with van der Waals surface area (Å²) < 4.78 is 4.19. The molecule has 1 rings (SSSR count). The monoisotopic (exact) mass is 229 g/mol. The Morgan fingerprint density at radius 3 is 2.73 bits per heavy atom. The van der Waals surface area contributed by atoms with E-state index in [4.69, 9.17) is 11.6 Å². The molecule has 3 heteroatoms. The Hall–Kier alpha value is -0.500. The molecule has 2 nitrogen and oxygen atoms in total. The fraction of sp³-hybridized carbons (Fsp3) is 0.750. The van der Waals surface area contributed by atoms with E-state index < -0.39 is 0 Å². The molecule has 0 aliphatic rings. The standard InChI is InChI=1S/C12H22ClN2/c1-3-4-5-6-7-12(13)10-15-9-8-14(2)11-15/h8-9,11-12H,3-7,10H2,1-2H3/q+1. The predicted octanol–water partition coefficient (Wildman–Crippen LogP) is 2.89. The molecule has 1 unspecified atom stereocenters. The SMILES string of the molecule is CCCCCCC(Cl)Cn1cc[n+](C)c1. The molecule has 0 radical (unpaired) electrons. The van der Waals surface area contributed by atoms with Gasteiger partial charge in [-0.25, -0.2) is 9.13 Å². The number of aryl methyl sites for hydroxylation is 1. The van der Waals surface area contributed by atoms with Crippen molar-refractivity contribution in [1.29, 1.82) is 0 Å². The molecular formula is C12H22ClN2+. The molecule has 0 fully saturated rings. The van der Waals surface area contributed by atoms with Gasteiger partial charge >= 0.3 is 0 Å². The number of aromatic nitrogens is 2.